The fourth-order valence-corrected chi connectivity index (χ4v) is 5.08. The zero-order valence-corrected chi connectivity index (χ0v) is 18.2. The van der Waals surface area contributed by atoms with Crippen molar-refractivity contribution < 1.29 is 4.74 Å². The van der Waals surface area contributed by atoms with Crippen LogP contribution in [-0.4, -0.2) is 30.1 Å². The monoisotopic (exact) mass is 558 g/mol. The van der Waals surface area contributed by atoms with Crippen molar-refractivity contribution in [1.82, 2.24) is 9.88 Å². The average molecular weight is 559 g/mol. The molecule has 23 heavy (non-hydrogen) atoms. The summed E-state index contributed by atoms with van der Waals surface area (Å²) in [7, 11) is 1.74. The minimum Gasteiger partial charge on any atom is -0.495 e. The minimum absolute atomic E-state index is 0. The predicted molar refractivity (Wildman–Crippen MR) is 115 cm³/mol. The second-order valence-electron chi connectivity index (χ2n) is 5.70. The summed E-state index contributed by atoms with van der Waals surface area (Å²) in [5.74, 6) is 0.951. The van der Waals surface area contributed by atoms with Crippen molar-refractivity contribution >= 4 is 57.6 Å². The molecule has 1 aromatic heterocycles. The Kier molecular flexibility index (Phi) is 7.50. The van der Waals surface area contributed by atoms with Crippen molar-refractivity contribution in [3.63, 3.8) is 0 Å². The van der Waals surface area contributed by atoms with Crippen LogP contribution in [-0.2, 0) is 6.54 Å². The van der Waals surface area contributed by atoms with Crippen LogP contribution in [0.4, 0.5) is 0 Å². The van der Waals surface area contributed by atoms with Crippen LogP contribution in [0.3, 0.4) is 0 Å². The number of methoxy groups -OCH3 is 1. The first kappa shape index (κ1) is 19.3. The third-order valence-corrected chi connectivity index (χ3v) is 5.52. The fraction of sp³-hybridized carbons (Fsp3) is 0.412. The van der Waals surface area contributed by atoms with Gasteiger partial charge in [0.1, 0.15) is 5.75 Å². The van der Waals surface area contributed by atoms with E-state index in [9.17, 15) is 0 Å². The van der Waals surface area contributed by atoms with Crippen LogP contribution in [0.15, 0.2) is 24.3 Å². The van der Waals surface area contributed by atoms with Crippen LogP contribution in [0.25, 0.3) is 11.3 Å². The summed E-state index contributed by atoms with van der Waals surface area (Å²) < 4.78 is 7.98. The maximum absolute atomic E-state index is 5.60. The Labute approximate surface area is 171 Å². The molecule has 1 aromatic carbocycles. The lowest BCUT2D eigenvalue weighted by molar-refractivity contribution is 0.219. The van der Waals surface area contributed by atoms with Gasteiger partial charge in [0.2, 0.25) is 0 Å². The molecule has 1 fully saturated rings. The van der Waals surface area contributed by atoms with E-state index in [2.05, 4.69) is 79.3 Å². The van der Waals surface area contributed by atoms with Crippen LogP contribution < -0.4 is 4.74 Å². The number of piperidine rings is 1. The largest absolute Gasteiger partial charge is 0.495 e. The van der Waals surface area contributed by atoms with Crippen molar-refractivity contribution in [2.75, 3.05) is 20.2 Å². The molecular formula is C17H21ClI2N2O. The SMILES string of the molecule is COc1c(I)cc(I)cc1-c1ccc(CN2CCCCC2)[nH]1.Cl. The topological polar surface area (TPSA) is 28.3 Å². The van der Waals surface area contributed by atoms with E-state index in [1.54, 1.807) is 7.11 Å². The van der Waals surface area contributed by atoms with Crippen LogP contribution in [0.2, 0.25) is 0 Å². The number of benzene rings is 1. The summed E-state index contributed by atoms with van der Waals surface area (Å²) in [6.45, 7) is 3.46. The standard InChI is InChI=1S/C17H20I2N2O.ClH/c1-22-17-14(9-12(18)10-15(17)19)16-6-5-13(20-16)11-21-7-3-2-4-8-21;/h5-6,9-10,20H,2-4,7-8,11H2,1H3;1H. The van der Waals surface area contributed by atoms with E-state index in [4.69, 9.17) is 4.74 Å². The van der Waals surface area contributed by atoms with E-state index in [-0.39, 0.29) is 12.4 Å². The fourth-order valence-electron chi connectivity index (χ4n) is 3.02. The van der Waals surface area contributed by atoms with Gasteiger partial charge in [-0.2, -0.15) is 0 Å². The van der Waals surface area contributed by atoms with Crippen molar-refractivity contribution in [3.8, 4) is 17.0 Å². The molecule has 2 heterocycles. The normalized spacial score (nSPS) is 15.3. The van der Waals surface area contributed by atoms with E-state index in [1.165, 1.54) is 41.6 Å². The van der Waals surface area contributed by atoms with Crippen LogP contribution >= 0.6 is 57.6 Å². The lowest BCUT2D eigenvalue weighted by atomic mass is 10.1. The minimum atomic E-state index is 0. The second-order valence-corrected chi connectivity index (χ2v) is 8.11. The first-order chi connectivity index (χ1) is 10.7. The predicted octanol–water partition coefficient (Wildman–Crippen LogP) is 5.31. The van der Waals surface area contributed by atoms with Gasteiger partial charge >= 0.3 is 0 Å². The lowest BCUT2D eigenvalue weighted by Crippen LogP contribution is -2.29. The molecule has 0 spiro atoms. The molecule has 3 rings (SSSR count). The molecule has 1 aliphatic heterocycles. The van der Waals surface area contributed by atoms with Crippen molar-refractivity contribution in [1.29, 1.82) is 0 Å². The van der Waals surface area contributed by atoms with Crippen LogP contribution in [0.5, 0.6) is 5.75 Å². The summed E-state index contributed by atoms with van der Waals surface area (Å²) in [5.41, 5.74) is 3.57. The first-order valence-corrected chi connectivity index (χ1v) is 9.77. The van der Waals surface area contributed by atoms with E-state index < -0.39 is 0 Å². The smallest absolute Gasteiger partial charge is 0.141 e. The number of halogens is 3. The Morgan fingerprint density at radius 2 is 1.87 bits per heavy atom. The van der Waals surface area contributed by atoms with Gasteiger partial charge < -0.3 is 9.72 Å². The highest BCUT2D eigenvalue weighted by Crippen LogP contribution is 2.35. The molecule has 1 aliphatic rings. The molecule has 2 aromatic rings. The van der Waals surface area contributed by atoms with Gasteiger partial charge in [0.05, 0.1) is 10.7 Å². The molecule has 0 atom stereocenters. The third-order valence-electron chi connectivity index (χ3n) is 4.09. The molecule has 1 N–H and O–H groups in total. The molecule has 0 unspecified atom stereocenters. The Balaban J connectivity index is 0.00000192. The van der Waals surface area contributed by atoms with Crippen molar-refractivity contribution in [2.45, 2.75) is 25.8 Å². The number of aromatic nitrogens is 1. The number of nitrogens with one attached hydrogen (secondary N) is 1. The summed E-state index contributed by atoms with van der Waals surface area (Å²) >= 11 is 4.70. The summed E-state index contributed by atoms with van der Waals surface area (Å²) in [5, 5.41) is 0. The molecule has 6 heteroatoms. The number of aromatic amines is 1. The van der Waals surface area contributed by atoms with Gasteiger partial charge in [0.25, 0.3) is 0 Å². The van der Waals surface area contributed by atoms with Gasteiger partial charge in [-0.3, -0.25) is 4.90 Å². The zero-order chi connectivity index (χ0) is 15.5. The second kappa shape index (κ2) is 8.92. The molecular weight excluding hydrogens is 537 g/mol. The Bertz CT molecular complexity index is 654. The average Bonchev–Trinajstić information content (AvgIpc) is 2.96. The Hall–Kier alpha value is 0.01000. The number of nitrogens with zero attached hydrogens (tertiary/aromatic N) is 1. The number of hydrogen-bond acceptors (Lipinski definition) is 2. The van der Waals surface area contributed by atoms with E-state index in [1.807, 2.05) is 0 Å². The number of H-pyrrole nitrogens is 1. The highest BCUT2D eigenvalue weighted by Gasteiger charge is 2.15. The molecule has 3 nitrogen and oxygen atoms in total. The highest BCUT2D eigenvalue weighted by molar-refractivity contribution is 14.1. The van der Waals surface area contributed by atoms with Gasteiger partial charge in [-0.05, 0) is 95.4 Å². The van der Waals surface area contributed by atoms with Gasteiger partial charge in [0, 0.05) is 27.1 Å². The third kappa shape index (κ3) is 4.76. The quantitative estimate of drug-likeness (QED) is 0.516. The van der Waals surface area contributed by atoms with Crippen molar-refractivity contribution in [3.05, 3.63) is 37.1 Å². The van der Waals surface area contributed by atoms with Crippen molar-refractivity contribution in [2.24, 2.45) is 0 Å². The van der Waals surface area contributed by atoms with Gasteiger partial charge in [0.15, 0.2) is 0 Å². The van der Waals surface area contributed by atoms with Crippen LogP contribution in [0.1, 0.15) is 25.0 Å². The van der Waals surface area contributed by atoms with Gasteiger partial charge in [-0.15, -0.1) is 12.4 Å². The Morgan fingerprint density at radius 1 is 1.13 bits per heavy atom. The maximum Gasteiger partial charge on any atom is 0.141 e. The van der Waals surface area contributed by atoms with Gasteiger partial charge in [-0.25, -0.2) is 0 Å². The molecule has 0 bridgehead atoms. The van der Waals surface area contributed by atoms with E-state index >= 15 is 0 Å². The first-order valence-electron chi connectivity index (χ1n) is 7.61. The molecule has 126 valence electrons. The number of rotatable bonds is 4. The molecule has 1 saturated heterocycles. The molecule has 0 amide bonds. The zero-order valence-electron chi connectivity index (χ0n) is 13.1. The lowest BCUT2D eigenvalue weighted by Gasteiger charge is -2.25. The summed E-state index contributed by atoms with van der Waals surface area (Å²) in [6.07, 6.45) is 4.04. The number of ether oxygens (including phenoxy) is 1. The molecule has 0 aliphatic carbocycles. The number of likely N-dealkylation sites (tertiary alicyclic amines) is 1. The highest BCUT2D eigenvalue weighted by atomic mass is 127. The van der Waals surface area contributed by atoms with E-state index in [0.717, 1.165) is 27.1 Å². The summed E-state index contributed by atoms with van der Waals surface area (Å²) in [6, 6.07) is 8.69. The number of hydrogen-bond donors (Lipinski definition) is 1. The Morgan fingerprint density at radius 3 is 2.57 bits per heavy atom. The van der Waals surface area contributed by atoms with Gasteiger partial charge in [-0.1, -0.05) is 6.42 Å². The maximum atomic E-state index is 5.60. The molecule has 0 radical (unpaired) electrons. The van der Waals surface area contributed by atoms with E-state index in [0.29, 0.717) is 0 Å². The summed E-state index contributed by atoms with van der Waals surface area (Å²) in [4.78, 5) is 6.11. The molecule has 0 saturated carbocycles. The van der Waals surface area contributed by atoms with Crippen LogP contribution in [0, 0.1) is 7.14 Å².